The summed E-state index contributed by atoms with van der Waals surface area (Å²) < 4.78 is 92.9. The summed E-state index contributed by atoms with van der Waals surface area (Å²) in [4.78, 5) is 60.8. The number of esters is 1. The van der Waals surface area contributed by atoms with Crippen molar-refractivity contribution in [1.29, 1.82) is 0 Å². The van der Waals surface area contributed by atoms with Gasteiger partial charge in [0, 0.05) is 34.4 Å². The number of nitrogens with zero attached hydrogens (tertiary/aromatic N) is 6. The van der Waals surface area contributed by atoms with E-state index in [1.165, 1.54) is 48.8 Å². The number of nitro benzene ring substituents is 2. The molecule has 66 heavy (non-hydrogen) atoms. The first-order valence-electron chi connectivity index (χ1n) is 18.4. The Balaban J connectivity index is 0.000000215. The van der Waals surface area contributed by atoms with E-state index in [1.807, 2.05) is 0 Å². The zero-order chi connectivity index (χ0) is 46.8. The Morgan fingerprint density at radius 2 is 1.08 bits per heavy atom. The van der Waals surface area contributed by atoms with Gasteiger partial charge in [0.2, 0.25) is 11.5 Å². The molecule has 0 saturated heterocycles. The van der Waals surface area contributed by atoms with Crippen LogP contribution in [0.15, 0.2) is 107 Å². The zero-order valence-corrected chi connectivity index (χ0v) is 34.3. The summed E-state index contributed by atoms with van der Waals surface area (Å²) >= 11 is 2.68. The number of carbonyl (C=O) groups is 2. The van der Waals surface area contributed by atoms with Crippen LogP contribution in [0, 0.1) is 20.2 Å². The largest absolute Gasteiger partial charge is 0.480 e. The van der Waals surface area contributed by atoms with Crippen LogP contribution in [0.3, 0.4) is 0 Å². The van der Waals surface area contributed by atoms with Crippen LogP contribution in [-0.4, -0.2) is 77.6 Å². The fourth-order valence-electron chi connectivity index (χ4n) is 6.08. The number of thioether (sulfide) groups is 2. The van der Waals surface area contributed by atoms with E-state index in [1.54, 1.807) is 42.5 Å². The highest BCUT2D eigenvalue weighted by molar-refractivity contribution is 8.15. The summed E-state index contributed by atoms with van der Waals surface area (Å²) in [6, 6.07) is 18.8. The van der Waals surface area contributed by atoms with Crippen molar-refractivity contribution in [2.24, 2.45) is 9.98 Å². The zero-order valence-electron chi connectivity index (χ0n) is 32.7. The van der Waals surface area contributed by atoms with E-state index < -0.39 is 68.7 Å². The number of carboxylic acids is 1. The van der Waals surface area contributed by atoms with Gasteiger partial charge in [-0.05, 0) is 72.8 Å². The van der Waals surface area contributed by atoms with Gasteiger partial charge >= 0.3 is 35.7 Å². The van der Waals surface area contributed by atoms with E-state index in [4.69, 9.17) is 19.3 Å². The minimum atomic E-state index is -4.72. The maximum Gasteiger partial charge on any atom is 0.416 e. The van der Waals surface area contributed by atoms with Crippen LogP contribution >= 0.6 is 23.5 Å². The number of halogens is 6. The van der Waals surface area contributed by atoms with Crippen molar-refractivity contribution in [1.82, 2.24) is 9.97 Å². The van der Waals surface area contributed by atoms with Crippen LogP contribution in [-0.2, 0) is 26.7 Å². The number of benzene rings is 4. The Bertz CT molecular complexity index is 2970. The van der Waals surface area contributed by atoms with Crippen molar-refractivity contribution in [3.8, 4) is 23.0 Å². The van der Waals surface area contributed by atoms with E-state index in [-0.39, 0.29) is 30.4 Å². The van der Waals surface area contributed by atoms with Gasteiger partial charge in [0.25, 0.3) is 0 Å². The SMILES string of the molecule is C.COC(=O)[C@H]1CSC(c2ccc3cc(Oc4ccc(C(F)(F)F)cc4[N+](=O)[O-])ccc3n2)=N1.O=C(O)[C@H]1CSC(c2ccc3cc(Oc4ccc(C(F)(F)F)cc4[N+](=O)[O-])ccc3n2)=N1. The summed E-state index contributed by atoms with van der Waals surface area (Å²) in [6.07, 6.45) is -9.43. The number of hydrogen-bond acceptors (Lipinski definition) is 15. The number of aliphatic carboxylic acids is 1. The number of hydrogen-bond donors (Lipinski definition) is 1. The average molecular weight is 957 g/mol. The number of ether oxygens (including phenoxy) is 3. The molecule has 0 amide bonds. The van der Waals surface area contributed by atoms with Gasteiger partial charge in [-0.1, -0.05) is 19.6 Å². The third-order valence-corrected chi connectivity index (χ3v) is 11.4. The topological polar surface area (TPSA) is 219 Å². The molecule has 4 aromatic carbocycles. The molecule has 0 spiro atoms. The van der Waals surface area contributed by atoms with Gasteiger partial charge < -0.3 is 19.3 Å². The number of methoxy groups -OCH3 is 1. The summed E-state index contributed by atoms with van der Waals surface area (Å²) in [5, 5.41) is 33.9. The molecule has 2 aromatic heterocycles. The third kappa shape index (κ3) is 10.9. The third-order valence-electron chi connectivity index (χ3n) is 9.24. The number of pyridine rings is 2. The first kappa shape index (κ1) is 48.1. The van der Waals surface area contributed by atoms with Crippen LogP contribution in [0.2, 0.25) is 0 Å². The molecular weight excluding hydrogens is 927 g/mol. The highest BCUT2D eigenvalue weighted by Crippen LogP contribution is 2.40. The van der Waals surface area contributed by atoms with Crippen molar-refractivity contribution in [2.45, 2.75) is 31.9 Å². The van der Waals surface area contributed by atoms with Crippen molar-refractivity contribution in [3.63, 3.8) is 0 Å². The molecule has 8 rings (SSSR count). The minimum absolute atomic E-state index is 0. The van der Waals surface area contributed by atoms with Gasteiger partial charge in [-0.2, -0.15) is 26.3 Å². The molecule has 342 valence electrons. The molecule has 2 aliphatic heterocycles. The number of alkyl halides is 6. The fraction of sp³-hybridized carbons (Fsp3) is 0.190. The van der Waals surface area contributed by atoms with E-state index >= 15 is 0 Å². The summed E-state index contributed by atoms with van der Waals surface area (Å²) in [7, 11) is 1.30. The van der Waals surface area contributed by atoms with Crippen molar-refractivity contribution < 1.29 is 65.1 Å². The van der Waals surface area contributed by atoms with Crippen LogP contribution in [0.1, 0.15) is 29.9 Å². The summed E-state index contributed by atoms with van der Waals surface area (Å²) in [6.45, 7) is 0. The van der Waals surface area contributed by atoms with E-state index in [2.05, 4.69) is 20.0 Å². The highest BCUT2D eigenvalue weighted by Gasteiger charge is 2.35. The molecule has 16 nitrogen and oxygen atoms in total. The molecule has 2 atom stereocenters. The Kier molecular flexibility index (Phi) is 14.2. The molecule has 0 aliphatic carbocycles. The first-order valence-corrected chi connectivity index (χ1v) is 20.4. The van der Waals surface area contributed by atoms with Gasteiger partial charge in [-0.15, -0.1) is 23.5 Å². The lowest BCUT2D eigenvalue weighted by atomic mass is 10.1. The smallest absolute Gasteiger partial charge is 0.416 e. The Labute approximate surface area is 376 Å². The quantitative estimate of drug-likeness (QED) is 0.0585. The van der Waals surface area contributed by atoms with Crippen molar-refractivity contribution >= 4 is 78.7 Å². The maximum atomic E-state index is 12.9. The molecule has 0 bridgehead atoms. The molecule has 6 aromatic rings. The lowest BCUT2D eigenvalue weighted by Crippen LogP contribution is -2.19. The van der Waals surface area contributed by atoms with Crippen LogP contribution in [0.4, 0.5) is 37.7 Å². The number of nitro groups is 2. The molecule has 24 heteroatoms. The summed E-state index contributed by atoms with van der Waals surface area (Å²) in [5.74, 6) is -0.925. The molecule has 0 unspecified atom stereocenters. The molecule has 4 heterocycles. The average Bonchev–Trinajstić information content (AvgIpc) is 3.97. The van der Waals surface area contributed by atoms with Gasteiger partial charge in [0.15, 0.2) is 12.1 Å². The predicted molar refractivity (Wildman–Crippen MR) is 232 cm³/mol. The Morgan fingerprint density at radius 3 is 1.45 bits per heavy atom. The first-order chi connectivity index (χ1) is 30.8. The van der Waals surface area contributed by atoms with Crippen LogP contribution in [0.25, 0.3) is 21.8 Å². The normalized spacial score (nSPS) is 15.7. The minimum Gasteiger partial charge on any atom is -0.480 e. The van der Waals surface area contributed by atoms with E-state index in [0.29, 0.717) is 73.0 Å². The van der Waals surface area contributed by atoms with Crippen molar-refractivity contribution in [3.05, 3.63) is 140 Å². The second-order valence-corrected chi connectivity index (χ2v) is 15.6. The summed E-state index contributed by atoms with van der Waals surface area (Å²) in [5.41, 5.74) is -1.69. The van der Waals surface area contributed by atoms with Crippen LogP contribution in [0.5, 0.6) is 23.0 Å². The molecule has 0 saturated carbocycles. The maximum absolute atomic E-state index is 12.9. The Morgan fingerprint density at radius 1 is 0.652 bits per heavy atom. The lowest BCUT2D eigenvalue weighted by Gasteiger charge is -2.10. The molecule has 2 aliphatic rings. The van der Waals surface area contributed by atoms with Gasteiger partial charge in [0.1, 0.15) is 21.6 Å². The number of carbonyl (C=O) groups excluding carboxylic acids is 1. The number of carboxylic acid groups (broad SMARTS) is 1. The lowest BCUT2D eigenvalue weighted by molar-refractivity contribution is -0.386. The second kappa shape index (κ2) is 19.4. The number of fused-ring (bicyclic) bond motifs is 2. The number of aromatic nitrogens is 2. The van der Waals surface area contributed by atoms with E-state index in [9.17, 15) is 56.2 Å². The molecule has 0 radical (unpaired) electrons. The number of rotatable bonds is 10. The second-order valence-electron chi connectivity index (χ2n) is 13.6. The van der Waals surface area contributed by atoms with Gasteiger partial charge in [0.05, 0.1) is 50.5 Å². The van der Waals surface area contributed by atoms with E-state index in [0.717, 1.165) is 18.2 Å². The van der Waals surface area contributed by atoms with Gasteiger partial charge in [-0.25, -0.2) is 19.6 Å². The standard InChI is InChI=1S/C21H14F3N3O5S.C20H12F3N3O5S.CH4/c1-31-20(28)16-10-33-19(26-16)15-5-2-11-8-13(4-6-14(11)25-15)32-18-7-3-12(21(22,23)24)9-17(18)27(29)30;21-20(22,23)11-2-6-17(16(8-11)26(29)30)31-12-3-5-13-10(7-12)1-4-14(24-13)18-25-15(9-32-18)19(27)28;/h2-9,16H,10H2,1H3;1-8,15H,9H2,(H,27,28);1H4/t16-;15-;/m11./s1. The molecule has 0 fully saturated rings. The number of aliphatic imine (C=N–C) groups is 2. The Hall–Kier alpha value is -7.34. The van der Waals surface area contributed by atoms with Gasteiger partial charge in [-0.3, -0.25) is 30.2 Å². The van der Waals surface area contributed by atoms with Crippen molar-refractivity contribution in [2.75, 3.05) is 18.6 Å². The monoisotopic (exact) mass is 956 g/mol. The highest BCUT2D eigenvalue weighted by atomic mass is 32.2. The molecular formula is C42H30F6N6O10S2. The predicted octanol–water partition coefficient (Wildman–Crippen LogP) is 10.5. The fourth-order valence-corrected chi connectivity index (χ4v) is 8.07. The molecule has 1 N–H and O–H groups in total. The van der Waals surface area contributed by atoms with Crippen LogP contribution < -0.4 is 9.47 Å².